The molecule has 0 unspecified atom stereocenters. The fraction of sp³-hybridized carbons (Fsp3) is 0.625. The standard InChI is InChI=1S/C6H8O7.C2H6O.H2O/c7-3(8)1-6(13,5(11)12)2-4(9)10;1-2-3;/h13H,1-2H2,(H,7,8)(H,9,10)(H,11,12);3H,2H2,1H3;1H2. The van der Waals surface area contributed by atoms with Crippen LogP contribution in [-0.2, 0) is 14.4 Å². The van der Waals surface area contributed by atoms with Gasteiger partial charge in [-0.3, -0.25) is 9.59 Å². The Kier molecular flexibility index (Phi) is 11.6. The molecule has 9 heteroatoms. The quantitative estimate of drug-likeness (QED) is 0.371. The third kappa shape index (κ3) is 10.6. The van der Waals surface area contributed by atoms with Crippen LogP contribution in [0.3, 0.4) is 0 Å². The van der Waals surface area contributed by atoms with Gasteiger partial charge in [0.15, 0.2) is 5.60 Å². The monoisotopic (exact) mass is 256 g/mol. The highest BCUT2D eigenvalue weighted by molar-refractivity contribution is 5.88. The fourth-order valence-corrected chi connectivity index (χ4v) is 0.714. The van der Waals surface area contributed by atoms with Crippen molar-refractivity contribution in [2.75, 3.05) is 6.61 Å². The second-order valence-electron chi connectivity index (χ2n) is 2.79. The number of aliphatic carboxylic acids is 3. The first-order valence-corrected chi connectivity index (χ1v) is 4.19. The number of carbonyl (C=O) groups is 3. The minimum Gasteiger partial charge on any atom is -0.481 e. The number of carboxylic acids is 3. The summed E-state index contributed by atoms with van der Waals surface area (Å²) < 4.78 is 0. The average molecular weight is 256 g/mol. The van der Waals surface area contributed by atoms with Gasteiger partial charge in [0.2, 0.25) is 0 Å². The Morgan fingerprint density at radius 2 is 1.24 bits per heavy atom. The molecule has 0 heterocycles. The van der Waals surface area contributed by atoms with Gasteiger partial charge in [0, 0.05) is 6.61 Å². The van der Waals surface area contributed by atoms with E-state index in [2.05, 4.69) is 0 Å². The van der Waals surface area contributed by atoms with E-state index in [4.69, 9.17) is 25.5 Å². The molecule has 0 aromatic heterocycles. The van der Waals surface area contributed by atoms with Gasteiger partial charge < -0.3 is 31.0 Å². The van der Waals surface area contributed by atoms with E-state index in [0.29, 0.717) is 0 Å². The highest BCUT2D eigenvalue weighted by Gasteiger charge is 2.40. The van der Waals surface area contributed by atoms with Gasteiger partial charge in [-0.05, 0) is 6.92 Å². The zero-order valence-corrected chi connectivity index (χ0v) is 9.08. The van der Waals surface area contributed by atoms with Crippen LogP contribution in [0.2, 0.25) is 0 Å². The molecule has 0 atom stereocenters. The maximum atomic E-state index is 10.3. The maximum Gasteiger partial charge on any atom is 0.336 e. The van der Waals surface area contributed by atoms with Gasteiger partial charge in [0.1, 0.15) is 0 Å². The van der Waals surface area contributed by atoms with Crippen LogP contribution in [0.25, 0.3) is 0 Å². The van der Waals surface area contributed by atoms with E-state index in [9.17, 15) is 14.4 Å². The summed E-state index contributed by atoms with van der Waals surface area (Å²) in [5.74, 6) is -5.02. The Morgan fingerprint density at radius 3 is 1.35 bits per heavy atom. The van der Waals surface area contributed by atoms with E-state index in [1.807, 2.05) is 0 Å². The molecule has 0 fully saturated rings. The predicted molar refractivity (Wildman–Crippen MR) is 53.5 cm³/mol. The summed E-state index contributed by atoms with van der Waals surface area (Å²) in [5.41, 5.74) is -2.74. The Bertz CT molecular complexity index is 244. The van der Waals surface area contributed by atoms with Crippen molar-refractivity contribution < 1.29 is 45.4 Å². The Balaban J connectivity index is -0.000000440. The molecular formula is C8H16O9. The van der Waals surface area contributed by atoms with Gasteiger partial charge in [0.05, 0.1) is 12.8 Å². The number of hydrogen-bond acceptors (Lipinski definition) is 5. The summed E-state index contributed by atoms with van der Waals surface area (Å²) in [7, 11) is 0. The summed E-state index contributed by atoms with van der Waals surface area (Å²) in [4.78, 5) is 30.5. The topological polar surface area (TPSA) is 184 Å². The van der Waals surface area contributed by atoms with Crippen molar-refractivity contribution in [3.8, 4) is 0 Å². The Morgan fingerprint density at radius 1 is 1.00 bits per heavy atom. The van der Waals surface area contributed by atoms with Gasteiger partial charge in [-0.15, -0.1) is 0 Å². The molecule has 0 saturated heterocycles. The number of aliphatic hydroxyl groups excluding tert-OH is 1. The second kappa shape index (κ2) is 9.51. The lowest BCUT2D eigenvalue weighted by Gasteiger charge is -2.18. The van der Waals surface area contributed by atoms with Gasteiger partial charge in [-0.25, -0.2) is 4.79 Å². The van der Waals surface area contributed by atoms with Crippen molar-refractivity contribution in [2.24, 2.45) is 0 Å². The number of hydrogen-bond donors (Lipinski definition) is 5. The molecule has 0 saturated carbocycles. The van der Waals surface area contributed by atoms with E-state index in [0.717, 1.165) is 0 Å². The molecule has 9 nitrogen and oxygen atoms in total. The van der Waals surface area contributed by atoms with Gasteiger partial charge >= 0.3 is 17.9 Å². The molecule has 0 aliphatic carbocycles. The smallest absolute Gasteiger partial charge is 0.336 e. The molecular weight excluding hydrogens is 240 g/mol. The van der Waals surface area contributed by atoms with Crippen LogP contribution >= 0.6 is 0 Å². The lowest BCUT2D eigenvalue weighted by atomic mass is 9.96. The van der Waals surface area contributed by atoms with Crippen LogP contribution in [-0.4, -0.2) is 61.1 Å². The highest BCUT2D eigenvalue weighted by Crippen LogP contribution is 2.15. The molecule has 0 spiro atoms. The second-order valence-corrected chi connectivity index (χ2v) is 2.79. The minimum atomic E-state index is -2.74. The Hall–Kier alpha value is -1.71. The van der Waals surface area contributed by atoms with E-state index >= 15 is 0 Å². The van der Waals surface area contributed by atoms with Crippen molar-refractivity contribution in [1.82, 2.24) is 0 Å². The first kappa shape index (κ1) is 20.7. The third-order valence-corrected chi connectivity index (χ3v) is 1.29. The molecule has 0 radical (unpaired) electrons. The zero-order chi connectivity index (χ0) is 13.4. The summed E-state index contributed by atoms with van der Waals surface area (Å²) in [6.45, 7) is 1.93. The SMILES string of the molecule is CCO.O.O=C(O)CC(O)(CC(=O)O)C(=O)O. The summed E-state index contributed by atoms with van der Waals surface area (Å²) >= 11 is 0. The minimum absolute atomic E-state index is 0. The van der Waals surface area contributed by atoms with Crippen LogP contribution in [0.15, 0.2) is 0 Å². The van der Waals surface area contributed by atoms with Crippen LogP contribution < -0.4 is 0 Å². The largest absolute Gasteiger partial charge is 0.481 e. The molecule has 0 aliphatic heterocycles. The predicted octanol–water partition coefficient (Wildman–Crippen LogP) is -2.07. The van der Waals surface area contributed by atoms with Crippen molar-refractivity contribution in [1.29, 1.82) is 0 Å². The molecule has 0 aromatic carbocycles. The molecule has 0 aromatic rings. The van der Waals surface area contributed by atoms with Crippen LogP contribution in [0.4, 0.5) is 0 Å². The van der Waals surface area contributed by atoms with E-state index in [1.54, 1.807) is 6.92 Å². The first-order valence-electron chi connectivity index (χ1n) is 4.19. The first-order chi connectivity index (χ1) is 7.19. The number of carboxylic acid groups (broad SMARTS) is 3. The molecule has 17 heavy (non-hydrogen) atoms. The van der Waals surface area contributed by atoms with Gasteiger partial charge in [-0.1, -0.05) is 0 Å². The lowest BCUT2D eigenvalue weighted by molar-refractivity contribution is -0.170. The zero-order valence-electron chi connectivity index (χ0n) is 9.08. The van der Waals surface area contributed by atoms with Crippen molar-refractivity contribution in [3.63, 3.8) is 0 Å². The van der Waals surface area contributed by atoms with E-state index in [1.165, 1.54) is 0 Å². The van der Waals surface area contributed by atoms with Crippen molar-refractivity contribution in [3.05, 3.63) is 0 Å². The fourth-order valence-electron chi connectivity index (χ4n) is 0.714. The molecule has 0 rings (SSSR count). The van der Waals surface area contributed by atoms with E-state index < -0.39 is 36.4 Å². The van der Waals surface area contributed by atoms with Crippen LogP contribution in [0.1, 0.15) is 19.8 Å². The van der Waals surface area contributed by atoms with Crippen LogP contribution in [0.5, 0.6) is 0 Å². The normalized spacial score (nSPS) is 9.35. The molecule has 0 amide bonds. The van der Waals surface area contributed by atoms with Crippen LogP contribution in [0, 0.1) is 0 Å². The lowest BCUT2D eigenvalue weighted by Crippen LogP contribution is -2.42. The third-order valence-electron chi connectivity index (χ3n) is 1.29. The van der Waals surface area contributed by atoms with Crippen molar-refractivity contribution in [2.45, 2.75) is 25.4 Å². The Labute approximate surface area is 96.2 Å². The highest BCUT2D eigenvalue weighted by atomic mass is 16.4. The van der Waals surface area contributed by atoms with Gasteiger partial charge in [0.25, 0.3) is 0 Å². The summed E-state index contributed by atoms with van der Waals surface area (Å²) in [6.07, 6.45) is -2.29. The molecule has 0 bridgehead atoms. The number of rotatable bonds is 5. The molecule has 7 N–H and O–H groups in total. The van der Waals surface area contributed by atoms with E-state index in [-0.39, 0.29) is 12.1 Å². The number of aliphatic hydroxyl groups is 2. The molecule has 0 aliphatic rings. The molecule has 102 valence electrons. The maximum absolute atomic E-state index is 10.3. The average Bonchev–Trinajstić information content (AvgIpc) is 2.01. The summed E-state index contributed by atoms with van der Waals surface area (Å²) in [5, 5.41) is 41.4. The van der Waals surface area contributed by atoms with Gasteiger partial charge in [-0.2, -0.15) is 0 Å². The van der Waals surface area contributed by atoms with Crippen molar-refractivity contribution >= 4 is 17.9 Å². The summed E-state index contributed by atoms with van der Waals surface area (Å²) in [6, 6.07) is 0.